The Bertz CT molecular complexity index is 790. The van der Waals surface area contributed by atoms with Gasteiger partial charge in [-0.3, -0.25) is 9.59 Å². The highest BCUT2D eigenvalue weighted by molar-refractivity contribution is 6.34. The summed E-state index contributed by atoms with van der Waals surface area (Å²) in [6.07, 6.45) is 1.14. The van der Waals surface area contributed by atoms with E-state index in [1.54, 1.807) is 36.4 Å². The van der Waals surface area contributed by atoms with Crippen molar-refractivity contribution in [1.82, 2.24) is 0 Å². The Morgan fingerprint density at radius 3 is 2.54 bits per heavy atom. The Morgan fingerprint density at radius 1 is 1.12 bits per heavy atom. The molecule has 2 aromatic carbocycles. The Kier molecular flexibility index (Phi) is 7.04. The molecule has 2 rings (SSSR count). The zero-order valence-corrected chi connectivity index (χ0v) is 15.9. The topological polar surface area (TPSA) is 67.4 Å². The van der Waals surface area contributed by atoms with E-state index in [2.05, 4.69) is 10.6 Å². The van der Waals surface area contributed by atoms with Gasteiger partial charge in [0.2, 0.25) is 5.91 Å². The molecule has 138 valence electrons. The van der Waals surface area contributed by atoms with Crippen molar-refractivity contribution in [2.24, 2.45) is 0 Å². The molecule has 0 saturated carbocycles. The molecule has 2 amide bonds. The van der Waals surface area contributed by atoms with Crippen molar-refractivity contribution in [2.45, 2.75) is 39.7 Å². The van der Waals surface area contributed by atoms with Crippen molar-refractivity contribution in [2.75, 3.05) is 10.6 Å². The van der Waals surface area contributed by atoms with Crippen LogP contribution in [0.1, 0.15) is 44.0 Å². The largest absolute Gasteiger partial charge is 0.490 e. The van der Waals surface area contributed by atoms with E-state index in [0.717, 1.165) is 6.42 Å². The van der Waals surface area contributed by atoms with E-state index in [4.69, 9.17) is 16.3 Å². The summed E-state index contributed by atoms with van der Waals surface area (Å²) in [6, 6.07) is 12.0. The SMILES string of the molecule is CCCC(=O)Nc1ccc(Cl)c(NC(=O)c2ccccc2OC(C)C)c1. The number of halogens is 1. The van der Waals surface area contributed by atoms with Crippen LogP contribution >= 0.6 is 11.6 Å². The molecule has 6 heteroatoms. The first-order valence-electron chi connectivity index (χ1n) is 8.57. The minimum absolute atomic E-state index is 0.0513. The number of hydrogen-bond acceptors (Lipinski definition) is 3. The predicted molar refractivity (Wildman–Crippen MR) is 105 cm³/mol. The number of carbonyl (C=O) groups excluding carboxylic acids is 2. The van der Waals surface area contributed by atoms with Gasteiger partial charge < -0.3 is 15.4 Å². The second-order valence-corrected chi connectivity index (χ2v) is 6.52. The molecule has 0 spiro atoms. The maximum absolute atomic E-state index is 12.7. The summed E-state index contributed by atoms with van der Waals surface area (Å²) in [7, 11) is 0. The highest BCUT2D eigenvalue weighted by Crippen LogP contribution is 2.28. The van der Waals surface area contributed by atoms with E-state index in [0.29, 0.717) is 34.1 Å². The normalized spacial score (nSPS) is 10.5. The van der Waals surface area contributed by atoms with Gasteiger partial charge in [-0.1, -0.05) is 30.7 Å². The first-order valence-corrected chi connectivity index (χ1v) is 8.95. The number of benzene rings is 2. The Hall–Kier alpha value is -2.53. The van der Waals surface area contributed by atoms with Gasteiger partial charge in [0.05, 0.1) is 22.4 Å². The summed E-state index contributed by atoms with van der Waals surface area (Å²) < 4.78 is 5.69. The fourth-order valence-electron chi connectivity index (χ4n) is 2.35. The quantitative estimate of drug-likeness (QED) is 0.706. The van der Waals surface area contributed by atoms with Gasteiger partial charge in [0.15, 0.2) is 0 Å². The maximum atomic E-state index is 12.7. The molecule has 0 atom stereocenters. The number of nitrogens with one attached hydrogen (secondary N) is 2. The molecule has 5 nitrogen and oxygen atoms in total. The summed E-state index contributed by atoms with van der Waals surface area (Å²) in [5.41, 5.74) is 1.41. The van der Waals surface area contributed by atoms with Crippen molar-refractivity contribution < 1.29 is 14.3 Å². The van der Waals surface area contributed by atoms with E-state index in [-0.39, 0.29) is 17.9 Å². The Labute approximate surface area is 158 Å². The van der Waals surface area contributed by atoms with Gasteiger partial charge in [0, 0.05) is 12.1 Å². The van der Waals surface area contributed by atoms with Gasteiger partial charge in [-0.25, -0.2) is 0 Å². The Balaban J connectivity index is 2.20. The van der Waals surface area contributed by atoms with Crippen LogP contribution in [0.5, 0.6) is 5.75 Å². The maximum Gasteiger partial charge on any atom is 0.259 e. The monoisotopic (exact) mass is 374 g/mol. The summed E-state index contributed by atoms with van der Waals surface area (Å²) in [6.45, 7) is 5.73. The van der Waals surface area contributed by atoms with Gasteiger partial charge in [0.1, 0.15) is 5.75 Å². The molecule has 2 aromatic rings. The molecule has 0 saturated heterocycles. The molecule has 0 aromatic heterocycles. The summed E-state index contributed by atoms with van der Waals surface area (Å²) in [5, 5.41) is 5.95. The van der Waals surface area contributed by atoms with Crippen LogP contribution in [0.3, 0.4) is 0 Å². The van der Waals surface area contributed by atoms with Crippen LogP contribution in [0, 0.1) is 0 Å². The molecule has 0 aliphatic carbocycles. The zero-order valence-electron chi connectivity index (χ0n) is 15.1. The molecular formula is C20H23ClN2O3. The summed E-state index contributed by atoms with van der Waals surface area (Å²) >= 11 is 6.19. The van der Waals surface area contributed by atoms with Crippen LogP contribution in [0.2, 0.25) is 5.02 Å². The molecule has 0 heterocycles. The summed E-state index contributed by atoms with van der Waals surface area (Å²) in [4.78, 5) is 24.4. The fourth-order valence-corrected chi connectivity index (χ4v) is 2.51. The van der Waals surface area contributed by atoms with Crippen molar-refractivity contribution in [3.8, 4) is 5.75 Å². The molecule has 0 fully saturated rings. The molecular weight excluding hydrogens is 352 g/mol. The van der Waals surface area contributed by atoms with Crippen LogP contribution in [0.4, 0.5) is 11.4 Å². The lowest BCUT2D eigenvalue weighted by molar-refractivity contribution is -0.116. The lowest BCUT2D eigenvalue weighted by atomic mass is 10.1. The van der Waals surface area contributed by atoms with E-state index >= 15 is 0 Å². The Morgan fingerprint density at radius 2 is 1.85 bits per heavy atom. The lowest BCUT2D eigenvalue weighted by Crippen LogP contribution is -2.16. The van der Waals surface area contributed by atoms with Crippen LogP contribution in [0.15, 0.2) is 42.5 Å². The molecule has 0 aliphatic rings. The third-order valence-corrected chi connectivity index (χ3v) is 3.80. The van der Waals surface area contributed by atoms with Crippen molar-refractivity contribution in [3.05, 3.63) is 53.1 Å². The van der Waals surface area contributed by atoms with Crippen LogP contribution in [0.25, 0.3) is 0 Å². The molecule has 0 radical (unpaired) electrons. The van der Waals surface area contributed by atoms with E-state index in [1.165, 1.54) is 0 Å². The first-order chi connectivity index (χ1) is 12.4. The second-order valence-electron chi connectivity index (χ2n) is 6.11. The number of amides is 2. The zero-order chi connectivity index (χ0) is 19.1. The number of hydrogen-bond donors (Lipinski definition) is 2. The molecule has 26 heavy (non-hydrogen) atoms. The first kappa shape index (κ1) is 19.8. The second kappa shape index (κ2) is 9.25. The van der Waals surface area contributed by atoms with Gasteiger partial charge in [-0.05, 0) is 50.6 Å². The van der Waals surface area contributed by atoms with Crippen molar-refractivity contribution in [1.29, 1.82) is 0 Å². The van der Waals surface area contributed by atoms with Gasteiger partial charge >= 0.3 is 0 Å². The van der Waals surface area contributed by atoms with Crippen molar-refractivity contribution >= 4 is 34.8 Å². The fraction of sp³-hybridized carbons (Fsp3) is 0.300. The van der Waals surface area contributed by atoms with Gasteiger partial charge in [-0.15, -0.1) is 0 Å². The number of carbonyl (C=O) groups is 2. The van der Waals surface area contributed by atoms with Crippen LogP contribution < -0.4 is 15.4 Å². The molecule has 0 bridgehead atoms. The van der Waals surface area contributed by atoms with Crippen LogP contribution in [-0.2, 0) is 4.79 Å². The number of para-hydroxylation sites is 1. The van der Waals surface area contributed by atoms with E-state index < -0.39 is 0 Å². The van der Waals surface area contributed by atoms with Gasteiger partial charge in [-0.2, -0.15) is 0 Å². The minimum Gasteiger partial charge on any atom is -0.490 e. The number of anilines is 2. The third-order valence-electron chi connectivity index (χ3n) is 3.47. The number of ether oxygens (including phenoxy) is 1. The van der Waals surface area contributed by atoms with E-state index in [1.807, 2.05) is 26.8 Å². The summed E-state index contributed by atoms with van der Waals surface area (Å²) in [5.74, 6) is 0.0893. The van der Waals surface area contributed by atoms with Gasteiger partial charge in [0.25, 0.3) is 5.91 Å². The average Bonchev–Trinajstić information content (AvgIpc) is 2.58. The van der Waals surface area contributed by atoms with Crippen LogP contribution in [-0.4, -0.2) is 17.9 Å². The standard InChI is InChI=1S/C20H23ClN2O3/c1-4-7-19(24)22-14-10-11-16(21)17(12-14)23-20(25)15-8-5-6-9-18(15)26-13(2)3/h5-6,8-13H,4,7H2,1-3H3,(H,22,24)(H,23,25). The highest BCUT2D eigenvalue weighted by Gasteiger charge is 2.15. The lowest BCUT2D eigenvalue weighted by Gasteiger charge is -2.15. The van der Waals surface area contributed by atoms with E-state index in [9.17, 15) is 9.59 Å². The smallest absolute Gasteiger partial charge is 0.259 e. The predicted octanol–water partition coefficient (Wildman–Crippen LogP) is 5.12. The molecule has 2 N–H and O–H groups in total. The number of rotatable bonds is 7. The average molecular weight is 375 g/mol. The highest BCUT2D eigenvalue weighted by atomic mass is 35.5. The minimum atomic E-state index is -0.333. The molecule has 0 unspecified atom stereocenters. The van der Waals surface area contributed by atoms with Crippen molar-refractivity contribution in [3.63, 3.8) is 0 Å². The third kappa shape index (κ3) is 5.49. The molecule has 0 aliphatic heterocycles.